The number of amides is 2. The van der Waals surface area contributed by atoms with E-state index in [9.17, 15) is 9.59 Å². The van der Waals surface area contributed by atoms with Gasteiger partial charge in [-0.25, -0.2) is 0 Å². The lowest BCUT2D eigenvalue weighted by Crippen LogP contribution is -2.19. The van der Waals surface area contributed by atoms with Crippen LogP contribution in [0.2, 0.25) is 0 Å². The summed E-state index contributed by atoms with van der Waals surface area (Å²) in [7, 11) is 1.60. The van der Waals surface area contributed by atoms with Gasteiger partial charge in [0.2, 0.25) is 11.8 Å². The summed E-state index contributed by atoms with van der Waals surface area (Å²) < 4.78 is 5.10. The lowest BCUT2D eigenvalue weighted by atomic mass is 9.92. The summed E-state index contributed by atoms with van der Waals surface area (Å²) >= 11 is 1.42. The van der Waals surface area contributed by atoms with E-state index in [1.165, 1.54) is 11.8 Å². The quantitative estimate of drug-likeness (QED) is 0.671. The first kappa shape index (κ1) is 20.8. The summed E-state index contributed by atoms with van der Waals surface area (Å²) in [6.45, 7) is 6.08. The van der Waals surface area contributed by atoms with E-state index in [-0.39, 0.29) is 23.0 Å². The van der Waals surface area contributed by atoms with Crippen LogP contribution in [0.5, 0.6) is 5.75 Å². The molecule has 0 saturated heterocycles. The van der Waals surface area contributed by atoms with E-state index in [0.29, 0.717) is 6.42 Å². The first-order valence-corrected chi connectivity index (χ1v) is 9.70. The molecule has 0 aliphatic carbocycles. The highest BCUT2D eigenvalue weighted by Crippen LogP contribution is 2.24. The lowest BCUT2D eigenvalue weighted by Gasteiger charge is -2.17. The van der Waals surface area contributed by atoms with Gasteiger partial charge in [0.1, 0.15) is 5.75 Å². The molecule has 6 heteroatoms. The minimum atomic E-state index is -0.0904. The van der Waals surface area contributed by atoms with Crippen molar-refractivity contribution < 1.29 is 14.3 Å². The third-order valence-corrected chi connectivity index (χ3v) is 4.55. The number of methoxy groups -OCH3 is 1. The first-order valence-electron chi connectivity index (χ1n) is 8.72. The van der Waals surface area contributed by atoms with Gasteiger partial charge in [0, 0.05) is 22.7 Å². The third-order valence-electron chi connectivity index (χ3n) is 3.55. The van der Waals surface area contributed by atoms with E-state index < -0.39 is 0 Å². The molecule has 0 heterocycles. The van der Waals surface area contributed by atoms with Crippen LogP contribution in [-0.4, -0.2) is 24.7 Å². The number of benzene rings is 2. The van der Waals surface area contributed by atoms with Gasteiger partial charge in [-0.3, -0.25) is 9.59 Å². The monoisotopic (exact) mass is 386 g/mol. The predicted molar refractivity (Wildman–Crippen MR) is 111 cm³/mol. The van der Waals surface area contributed by atoms with Crippen LogP contribution in [-0.2, 0) is 9.59 Å². The van der Waals surface area contributed by atoms with Crippen LogP contribution in [0.1, 0.15) is 27.2 Å². The molecule has 27 heavy (non-hydrogen) atoms. The van der Waals surface area contributed by atoms with E-state index in [1.807, 2.05) is 45.0 Å². The van der Waals surface area contributed by atoms with Crippen LogP contribution in [0.15, 0.2) is 53.4 Å². The Balaban J connectivity index is 1.86. The van der Waals surface area contributed by atoms with E-state index >= 15 is 0 Å². The molecular formula is C21H26N2O3S. The van der Waals surface area contributed by atoms with Gasteiger partial charge < -0.3 is 15.4 Å². The van der Waals surface area contributed by atoms with Crippen molar-refractivity contribution in [2.24, 2.45) is 5.41 Å². The van der Waals surface area contributed by atoms with Crippen LogP contribution in [0.25, 0.3) is 0 Å². The minimum absolute atomic E-state index is 0.0121. The highest BCUT2D eigenvalue weighted by atomic mass is 32.2. The average Bonchev–Trinajstić information content (AvgIpc) is 2.59. The predicted octanol–water partition coefficient (Wildman–Crippen LogP) is 4.80. The Morgan fingerprint density at radius 1 is 0.963 bits per heavy atom. The SMILES string of the molecule is COc1ccc(NC(=O)CSc2cccc(NC(=O)CC(C)(C)C)c2)cc1. The number of carbonyl (C=O) groups is 2. The molecule has 2 N–H and O–H groups in total. The van der Waals surface area contributed by atoms with Crippen LogP contribution < -0.4 is 15.4 Å². The van der Waals surface area contributed by atoms with Gasteiger partial charge in [-0.05, 0) is 47.9 Å². The molecule has 0 atom stereocenters. The van der Waals surface area contributed by atoms with Crippen molar-refractivity contribution in [1.29, 1.82) is 0 Å². The molecule has 0 fully saturated rings. The number of ether oxygens (including phenoxy) is 1. The molecular weight excluding hydrogens is 360 g/mol. The Bertz CT molecular complexity index is 783. The zero-order chi connectivity index (χ0) is 19.9. The third kappa shape index (κ3) is 7.74. The largest absolute Gasteiger partial charge is 0.497 e. The van der Waals surface area contributed by atoms with Gasteiger partial charge in [-0.1, -0.05) is 26.8 Å². The summed E-state index contributed by atoms with van der Waals surface area (Å²) in [6.07, 6.45) is 0.453. The zero-order valence-corrected chi connectivity index (χ0v) is 17.0. The summed E-state index contributed by atoms with van der Waals surface area (Å²) in [5, 5.41) is 5.76. The van der Waals surface area contributed by atoms with Gasteiger partial charge in [0.25, 0.3) is 0 Å². The molecule has 2 rings (SSSR count). The molecule has 0 unspecified atom stereocenters. The second kappa shape index (κ2) is 9.46. The number of hydrogen-bond donors (Lipinski definition) is 2. The van der Waals surface area contributed by atoms with Gasteiger partial charge in [-0.15, -0.1) is 11.8 Å². The van der Waals surface area contributed by atoms with Crippen molar-refractivity contribution in [3.05, 3.63) is 48.5 Å². The molecule has 2 aromatic rings. The van der Waals surface area contributed by atoms with Gasteiger partial charge in [0.05, 0.1) is 12.9 Å². The normalized spacial score (nSPS) is 11.0. The summed E-state index contributed by atoms with van der Waals surface area (Å²) in [5.74, 6) is 0.924. The summed E-state index contributed by atoms with van der Waals surface area (Å²) in [6, 6.07) is 14.7. The van der Waals surface area contributed by atoms with Crippen molar-refractivity contribution in [3.63, 3.8) is 0 Å². The fourth-order valence-corrected chi connectivity index (χ4v) is 3.13. The molecule has 0 aromatic heterocycles. The van der Waals surface area contributed by atoms with Crippen molar-refractivity contribution in [3.8, 4) is 5.75 Å². The molecule has 0 aliphatic heterocycles. The van der Waals surface area contributed by atoms with Gasteiger partial charge in [-0.2, -0.15) is 0 Å². The topological polar surface area (TPSA) is 67.4 Å². The summed E-state index contributed by atoms with van der Waals surface area (Å²) in [4.78, 5) is 25.1. The number of carbonyl (C=O) groups excluding carboxylic acids is 2. The van der Waals surface area contributed by atoms with Gasteiger partial charge >= 0.3 is 0 Å². The summed E-state index contributed by atoms with van der Waals surface area (Å²) in [5.41, 5.74) is 1.41. The van der Waals surface area contributed by atoms with Crippen molar-refractivity contribution in [2.45, 2.75) is 32.1 Å². The zero-order valence-electron chi connectivity index (χ0n) is 16.2. The highest BCUT2D eigenvalue weighted by molar-refractivity contribution is 8.00. The smallest absolute Gasteiger partial charge is 0.234 e. The van der Waals surface area contributed by atoms with E-state index in [2.05, 4.69) is 10.6 Å². The lowest BCUT2D eigenvalue weighted by molar-refractivity contribution is -0.118. The number of anilines is 2. The maximum Gasteiger partial charge on any atom is 0.234 e. The number of nitrogens with one attached hydrogen (secondary N) is 2. The van der Waals surface area contributed by atoms with Crippen LogP contribution in [0.4, 0.5) is 11.4 Å². The maximum atomic E-state index is 12.1. The number of thioether (sulfide) groups is 1. The Hall–Kier alpha value is -2.47. The second-order valence-electron chi connectivity index (χ2n) is 7.38. The molecule has 0 aliphatic rings. The molecule has 0 saturated carbocycles. The van der Waals surface area contributed by atoms with E-state index in [0.717, 1.165) is 22.0 Å². The standard InChI is InChI=1S/C21H26N2O3S/c1-21(2,3)13-19(24)23-16-6-5-7-18(12-16)27-14-20(25)22-15-8-10-17(26-4)11-9-15/h5-12H,13-14H2,1-4H3,(H,22,25)(H,23,24). The van der Waals surface area contributed by atoms with Crippen LogP contribution >= 0.6 is 11.8 Å². The van der Waals surface area contributed by atoms with E-state index in [1.54, 1.807) is 31.4 Å². The minimum Gasteiger partial charge on any atom is -0.497 e. The Labute approximate surface area is 164 Å². The molecule has 0 radical (unpaired) electrons. The molecule has 144 valence electrons. The Morgan fingerprint density at radius 2 is 1.63 bits per heavy atom. The van der Waals surface area contributed by atoms with Crippen LogP contribution in [0.3, 0.4) is 0 Å². The van der Waals surface area contributed by atoms with Crippen LogP contribution in [0, 0.1) is 5.41 Å². The molecule has 5 nitrogen and oxygen atoms in total. The Morgan fingerprint density at radius 3 is 2.26 bits per heavy atom. The molecule has 2 aromatic carbocycles. The maximum absolute atomic E-state index is 12.1. The van der Waals surface area contributed by atoms with Crippen molar-refractivity contribution in [1.82, 2.24) is 0 Å². The molecule has 2 amide bonds. The first-order chi connectivity index (χ1) is 12.7. The highest BCUT2D eigenvalue weighted by Gasteiger charge is 2.16. The fourth-order valence-electron chi connectivity index (χ4n) is 2.37. The number of rotatable bonds is 7. The molecule has 0 bridgehead atoms. The Kier molecular flexibility index (Phi) is 7.30. The van der Waals surface area contributed by atoms with Gasteiger partial charge in [0.15, 0.2) is 0 Å². The van der Waals surface area contributed by atoms with E-state index in [4.69, 9.17) is 4.74 Å². The second-order valence-corrected chi connectivity index (χ2v) is 8.43. The van der Waals surface area contributed by atoms with Crippen molar-refractivity contribution in [2.75, 3.05) is 23.5 Å². The van der Waals surface area contributed by atoms with Crippen molar-refractivity contribution >= 4 is 35.0 Å². The number of hydrogen-bond acceptors (Lipinski definition) is 4. The molecule has 0 spiro atoms. The fraction of sp³-hybridized carbons (Fsp3) is 0.333. The average molecular weight is 387 g/mol.